The molecule has 2 aromatic rings. The highest BCUT2D eigenvalue weighted by molar-refractivity contribution is 7.80. The van der Waals surface area contributed by atoms with Gasteiger partial charge in [0.05, 0.1) is 10.7 Å². The van der Waals surface area contributed by atoms with Crippen molar-refractivity contribution in [3.05, 3.63) is 45.7 Å². The maximum atomic E-state index is 11.9. The maximum Gasteiger partial charge on any atom is 0.271 e. The van der Waals surface area contributed by atoms with Crippen LogP contribution in [0.2, 0.25) is 10.0 Å². The molecule has 0 bridgehead atoms. The van der Waals surface area contributed by atoms with Crippen LogP contribution in [0.1, 0.15) is 16.2 Å². The number of hydrogen-bond donors (Lipinski definition) is 3. The molecule has 128 valence electrons. The molecule has 0 aliphatic rings. The van der Waals surface area contributed by atoms with Gasteiger partial charge < -0.3 is 16.0 Å². The molecule has 24 heavy (non-hydrogen) atoms. The van der Waals surface area contributed by atoms with Gasteiger partial charge in [0.25, 0.3) is 5.91 Å². The van der Waals surface area contributed by atoms with Crippen molar-refractivity contribution in [2.24, 2.45) is 7.05 Å². The number of amides is 1. The van der Waals surface area contributed by atoms with Gasteiger partial charge in [0.2, 0.25) is 0 Å². The first-order valence-corrected chi connectivity index (χ1v) is 8.32. The lowest BCUT2D eigenvalue weighted by Crippen LogP contribution is -2.36. The van der Waals surface area contributed by atoms with Crippen LogP contribution in [0.25, 0.3) is 0 Å². The molecule has 0 unspecified atom stereocenters. The lowest BCUT2D eigenvalue weighted by atomic mass is 10.3. The number of thiocarbonyl (C=S) groups is 1. The number of aromatic nitrogens is 2. The Kier molecular flexibility index (Phi) is 6.42. The third-order valence-corrected chi connectivity index (χ3v) is 4.03. The minimum absolute atomic E-state index is 0.225. The van der Waals surface area contributed by atoms with Crippen LogP contribution >= 0.6 is 35.4 Å². The molecule has 0 saturated heterocycles. The maximum absolute atomic E-state index is 11.9. The number of benzene rings is 1. The fourth-order valence-electron chi connectivity index (χ4n) is 1.87. The second kappa shape index (κ2) is 8.32. The average Bonchev–Trinajstić information content (AvgIpc) is 2.87. The highest BCUT2D eigenvalue weighted by Gasteiger charge is 2.10. The largest absolute Gasteiger partial charge is 0.361 e. The predicted molar refractivity (Wildman–Crippen MR) is 101 cm³/mol. The number of rotatable bonds is 5. The minimum atomic E-state index is -0.225. The van der Waals surface area contributed by atoms with Crippen LogP contribution < -0.4 is 16.0 Å². The summed E-state index contributed by atoms with van der Waals surface area (Å²) in [5.41, 5.74) is 1.93. The summed E-state index contributed by atoms with van der Waals surface area (Å²) in [6.45, 7) is 2.75. The molecule has 0 fully saturated rings. The Labute approximate surface area is 155 Å². The first-order chi connectivity index (χ1) is 11.4. The number of aryl methyl sites for hydroxylation is 2. The molecule has 0 aliphatic carbocycles. The summed E-state index contributed by atoms with van der Waals surface area (Å²) in [5, 5.41) is 14.3. The van der Waals surface area contributed by atoms with Crippen LogP contribution in [-0.4, -0.2) is 33.9 Å². The molecule has 0 radical (unpaired) electrons. The highest BCUT2D eigenvalue weighted by atomic mass is 35.5. The summed E-state index contributed by atoms with van der Waals surface area (Å²) in [6.07, 6.45) is 0. The van der Waals surface area contributed by atoms with Gasteiger partial charge in [0.15, 0.2) is 5.11 Å². The van der Waals surface area contributed by atoms with Gasteiger partial charge >= 0.3 is 0 Å². The van der Waals surface area contributed by atoms with Gasteiger partial charge in [-0.2, -0.15) is 5.10 Å². The minimum Gasteiger partial charge on any atom is -0.361 e. The molecule has 3 N–H and O–H groups in total. The van der Waals surface area contributed by atoms with Crippen molar-refractivity contribution in [3.63, 3.8) is 0 Å². The molecule has 0 aliphatic heterocycles. The molecule has 6 nitrogen and oxygen atoms in total. The molecular weight excluding hydrogens is 369 g/mol. The van der Waals surface area contributed by atoms with E-state index in [4.69, 9.17) is 35.4 Å². The zero-order valence-corrected chi connectivity index (χ0v) is 15.5. The van der Waals surface area contributed by atoms with Crippen molar-refractivity contribution in [2.75, 3.05) is 18.4 Å². The summed E-state index contributed by atoms with van der Waals surface area (Å²) in [6, 6.07) is 6.80. The third kappa shape index (κ3) is 5.09. The molecule has 1 heterocycles. The Hall–Kier alpha value is -1.83. The summed E-state index contributed by atoms with van der Waals surface area (Å²) < 4.78 is 1.65. The molecule has 2 rings (SSSR count). The lowest BCUT2D eigenvalue weighted by molar-refractivity contribution is 0.0948. The van der Waals surface area contributed by atoms with Crippen LogP contribution in [-0.2, 0) is 7.05 Å². The number of nitrogens with zero attached hydrogens (tertiary/aromatic N) is 2. The normalized spacial score (nSPS) is 10.3. The Balaban J connectivity index is 1.74. The van der Waals surface area contributed by atoms with Gasteiger partial charge in [-0.05, 0) is 43.4 Å². The third-order valence-electron chi connectivity index (χ3n) is 3.22. The lowest BCUT2D eigenvalue weighted by Gasteiger charge is -2.12. The zero-order chi connectivity index (χ0) is 17.7. The first kappa shape index (κ1) is 18.5. The van der Waals surface area contributed by atoms with E-state index in [1.165, 1.54) is 0 Å². The Bertz CT molecular complexity index is 743. The topological polar surface area (TPSA) is 71.0 Å². The fraction of sp³-hybridized carbons (Fsp3) is 0.267. The van der Waals surface area contributed by atoms with Gasteiger partial charge in [-0.3, -0.25) is 9.48 Å². The van der Waals surface area contributed by atoms with Crippen molar-refractivity contribution in [3.8, 4) is 0 Å². The fourth-order valence-corrected chi connectivity index (χ4v) is 2.42. The summed E-state index contributed by atoms with van der Waals surface area (Å²) in [5.74, 6) is -0.225. The Morgan fingerprint density at radius 1 is 1.25 bits per heavy atom. The number of carbonyl (C=O) groups excluding carboxylic acids is 1. The molecule has 1 aromatic heterocycles. The van der Waals surface area contributed by atoms with Gasteiger partial charge in [-0.15, -0.1) is 0 Å². The quantitative estimate of drug-likeness (QED) is 0.545. The SMILES string of the molecule is Cc1cc(C(=O)NCCNC(=S)Nc2cc(Cl)ccc2Cl)nn1C. The van der Waals surface area contributed by atoms with Crippen LogP contribution in [0.5, 0.6) is 0 Å². The van der Waals surface area contributed by atoms with E-state index in [0.29, 0.717) is 39.6 Å². The van der Waals surface area contributed by atoms with Crippen LogP contribution in [0.15, 0.2) is 24.3 Å². The van der Waals surface area contributed by atoms with Gasteiger partial charge in [-0.25, -0.2) is 0 Å². The molecule has 0 atom stereocenters. The molecular formula is C15H17Cl2N5OS. The molecule has 1 aromatic carbocycles. The summed E-state index contributed by atoms with van der Waals surface area (Å²) in [7, 11) is 1.79. The van der Waals surface area contributed by atoms with Crippen molar-refractivity contribution in [2.45, 2.75) is 6.92 Å². The van der Waals surface area contributed by atoms with Crippen LogP contribution in [0.4, 0.5) is 5.69 Å². The van der Waals surface area contributed by atoms with Crippen molar-refractivity contribution in [1.82, 2.24) is 20.4 Å². The molecule has 0 spiro atoms. The predicted octanol–water partition coefficient (Wildman–Crippen LogP) is 2.75. The van der Waals surface area contributed by atoms with Crippen molar-refractivity contribution < 1.29 is 4.79 Å². The van der Waals surface area contributed by atoms with Crippen molar-refractivity contribution >= 4 is 52.1 Å². The van der Waals surface area contributed by atoms with E-state index in [9.17, 15) is 4.79 Å². The number of nitrogens with one attached hydrogen (secondary N) is 3. The monoisotopic (exact) mass is 385 g/mol. The first-order valence-electron chi connectivity index (χ1n) is 7.15. The van der Waals surface area contributed by atoms with E-state index in [0.717, 1.165) is 5.69 Å². The zero-order valence-electron chi connectivity index (χ0n) is 13.2. The average molecular weight is 386 g/mol. The molecule has 0 saturated carbocycles. The molecule has 9 heteroatoms. The number of anilines is 1. The standard InChI is InChI=1S/C15H17Cl2N5OS/c1-9-7-13(21-22(9)2)14(23)18-5-6-19-15(24)20-12-8-10(16)3-4-11(12)17/h3-4,7-8H,5-6H2,1-2H3,(H,18,23)(H2,19,20,24). The second-order valence-corrected chi connectivity index (χ2v) is 6.31. The number of carbonyl (C=O) groups is 1. The van der Waals surface area contributed by atoms with E-state index in [-0.39, 0.29) is 5.91 Å². The Morgan fingerprint density at radius 2 is 1.96 bits per heavy atom. The van der Waals surface area contributed by atoms with Gasteiger partial charge in [0, 0.05) is 30.9 Å². The van der Waals surface area contributed by atoms with Crippen molar-refractivity contribution in [1.29, 1.82) is 0 Å². The molecule has 1 amide bonds. The van der Waals surface area contributed by atoms with E-state index < -0.39 is 0 Å². The summed E-state index contributed by atoms with van der Waals surface area (Å²) in [4.78, 5) is 11.9. The van der Waals surface area contributed by atoms with E-state index in [1.807, 2.05) is 6.92 Å². The van der Waals surface area contributed by atoms with Crippen LogP contribution in [0.3, 0.4) is 0 Å². The van der Waals surface area contributed by atoms with Gasteiger partial charge in [0.1, 0.15) is 5.69 Å². The summed E-state index contributed by atoms with van der Waals surface area (Å²) >= 11 is 17.1. The van der Waals surface area contributed by atoms with E-state index >= 15 is 0 Å². The smallest absolute Gasteiger partial charge is 0.271 e. The second-order valence-electron chi connectivity index (χ2n) is 5.06. The van der Waals surface area contributed by atoms with E-state index in [2.05, 4.69) is 21.0 Å². The van der Waals surface area contributed by atoms with E-state index in [1.54, 1.807) is 36.0 Å². The number of hydrogen-bond acceptors (Lipinski definition) is 3. The van der Waals surface area contributed by atoms with Crippen LogP contribution in [0, 0.1) is 6.92 Å². The van der Waals surface area contributed by atoms with Gasteiger partial charge in [-0.1, -0.05) is 23.2 Å². The number of halogens is 2. The Morgan fingerprint density at radius 3 is 2.62 bits per heavy atom. The highest BCUT2D eigenvalue weighted by Crippen LogP contribution is 2.25.